The number of carbonyl (C=O) groups excluding carboxylic acids is 2. The van der Waals surface area contributed by atoms with Crippen LogP contribution in [0.25, 0.3) is 0 Å². The first-order valence-electron chi connectivity index (χ1n) is 22.9. The number of carbonyl (C=O) groups is 2. The lowest BCUT2D eigenvalue weighted by atomic mass is 10.1. The first kappa shape index (κ1) is 51.8. The molecule has 0 rings (SSSR count). The summed E-state index contributed by atoms with van der Waals surface area (Å²) in [6.07, 6.45) is 52.4. The van der Waals surface area contributed by atoms with E-state index in [1.54, 1.807) is 6.08 Å². The number of unbranched alkanes of at least 4 members (excludes halogenated alkanes) is 25. The topological polar surface area (TPSA) is 95.9 Å². The van der Waals surface area contributed by atoms with Gasteiger partial charge in [-0.25, -0.2) is 0 Å². The highest BCUT2D eigenvalue weighted by Gasteiger charge is 2.18. The van der Waals surface area contributed by atoms with Gasteiger partial charge >= 0.3 is 5.97 Å². The van der Waals surface area contributed by atoms with Crippen LogP contribution in [0.1, 0.15) is 219 Å². The number of esters is 1. The quantitative estimate of drug-likeness (QED) is 0.0250. The lowest BCUT2D eigenvalue weighted by molar-refractivity contribution is -0.143. The molecule has 54 heavy (non-hydrogen) atoms. The van der Waals surface area contributed by atoms with Crippen molar-refractivity contribution in [1.82, 2.24) is 5.32 Å². The molecule has 0 aliphatic carbocycles. The van der Waals surface area contributed by atoms with E-state index in [-0.39, 0.29) is 18.5 Å². The van der Waals surface area contributed by atoms with E-state index in [9.17, 15) is 19.8 Å². The molecular formula is C48H87NO5. The molecule has 6 nitrogen and oxygen atoms in total. The molecule has 2 atom stereocenters. The number of rotatable bonds is 41. The van der Waals surface area contributed by atoms with Crippen LogP contribution in [-0.2, 0) is 14.3 Å². The first-order chi connectivity index (χ1) is 26.5. The van der Waals surface area contributed by atoms with Crippen LogP contribution in [0.15, 0.2) is 48.6 Å². The van der Waals surface area contributed by atoms with Crippen LogP contribution in [0.3, 0.4) is 0 Å². The fourth-order valence-electron chi connectivity index (χ4n) is 6.50. The molecule has 0 radical (unpaired) electrons. The van der Waals surface area contributed by atoms with Crippen molar-refractivity contribution in [2.75, 3.05) is 13.2 Å². The molecule has 0 heterocycles. The predicted molar refractivity (Wildman–Crippen MR) is 232 cm³/mol. The molecule has 0 bridgehead atoms. The Bertz CT molecular complexity index is 926. The molecule has 0 aromatic carbocycles. The van der Waals surface area contributed by atoms with Crippen LogP contribution < -0.4 is 5.32 Å². The SMILES string of the molecule is CCCCC/C=C\CCCCCCCC(=O)OCCCCC/C=C\C=C/CCCCCCCCC(=O)NC(CO)C(O)/C=C/CCCCCCCCCC. The first-order valence-corrected chi connectivity index (χ1v) is 22.9. The van der Waals surface area contributed by atoms with Crippen LogP contribution >= 0.6 is 0 Å². The van der Waals surface area contributed by atoms with Gasteiger partial charge in [0, 0.05) is 12.8 Å². The number of ether oxygens (including phenoxy) is 1. The molecule has 0 spiro atoms. The molecule has 0 aliphatic rings. The average Bonchev–Trinajstić information content (AvgIpc) is 3.17. The number of hydrogen-bond donors (Lipinski definition) is 3. The molecular weight excluding hydrogens is 671 g/mol. The Hall–Kier alpha value is -2.18. The minimum Gasteiger partial charge on any atom is -0.466 e. The van der Waals surface area contributed by atoms with E-state index >= 15 is 0 Å². The van der Waals surface area contributed by atoms with Crippen molar-refractivity contribution in [1.29, 1.82) is 0 Å². The lowest BCUT2D eigenvalue weighted by Crippen LogP contribution is -2.45. The number of aliphatic hydroxyl groups is 2. The van der Waals surface area contributed by atoms with E-state index in [4.69, 9.17) is 4.74 Å². The van der Waals surface area contributed by atoms with Gasteiger partial charge in [-0.1, -0.05) is 165 Å². The van der Waals surface area contributed by atoms with Crippen molar-refractivity contribution in [3.8, 4) is 0 Å². The number of nitrogens with one attached hydrogen (secondary N) is 1. The predicted octanol–water partition coefficient (Wildman–Crippen LogP) is 13.1. The third-order valence-corrected chi connectivity index (χ3v) is 10.1. The summed E-state index contributed by atoms with van der Waals surface area (Å²) in [6, 6.07) is -0.643. The Labute approximate surface area is 334 Å². The molecule has 0 saturated heterocycles. The molecule has 1 amide bonds. The fraction of sp³-hybridized carbons (Fsp3) is 0.792. The summed E-state index contributed by atoms with van der Waals surface area (Å²) in [5, 5.41) is 22.9. The van der Waals surface area contributed by atoms with Gasteiger partial charge < -0.3 is 20.3 Å². The largest absolute Gasteiger partial charge is 0.466 e. The van der Waals surface area contributed by atoms with Gasteiger partial charge in [0.15, 0.2) is 0 Å². The molecule has 314 valence electrons. The van der Waals surface area contributed by atoms with Gasteiger partial charge in [-0.15, -0.1) is 0 Å². The average molecular weight is 758 g/mol. The zero-order valence-corrected chi connectivity index (χ0v) is 35.4. The van der Waals surface area contributed by atoms with Crippen LogP contribution in [-0.4, -0.2) is 47.4 Å². The second-order valence-electron chi connectivity index (χ2n) is 15.4. The fourth-order valence-corrected chi connectivity index (χ4v) is 6.50. The Morgan fingerprint density at radius 2 is 0.926 bits per heavy atom. The van der Waals surface area contributed by atoms with Crippen molar-refractivity contribution in [3.63, 3.8) is 0 Å². The highest BCUT2D eigenvalue weighted by molar-refractivity contribution is 5.76. The number of aliphatic hydroxyl groups excluding tert-OH is 2. The van der Waals surface area contributed by atoms with Crippen LogP contribution in [0.2, 0.25) is 0 Å². The monoisotopic (exact) mass is 758 g/mol. The van der Waals surface area contributed by atoms with Gasteiger partial charge in [0.05, 0.1) is 25.4 Å². The summed E-state index contributed by atoms with van der Waals surface area (Å²) < 4.78 is 5.41. The van der Waals surface area contributed by atoms with Crippen molar-refractivity contribution in [2.45, 2.75) is 231 Å². The molecule has 0 aliphatic heterocycles. The summed E-state index contributed by atoms with van der Waals surface area (Å²) in [6.45, 7) is 4.77. The summed E-state index contributed by atoms with van der Waals surface area (Å²) in [5.74, 6) is -0.130. The van der Waals surface area contributed by atoms with E-state index in [0.717, 1.165) is 77.0 Å². The van der Waals surface area contributed by atoms with Crippen molar-refractivity contribution >= 4 is 11.9 Å². The maximum absolute atomic E-state index is 12.3. The van der Waals surface area contributed by atoms with E-state index in [0.29, 0.717) is 19.4 Å². The molecule has 6 heteroatoms. The summed E-state index contributed by atoms with van der Waals surface area (Å²) >= 11 is 0. The Morgan fingerprint density at radius 1 is 0.519 bits per heavy atom. The lowest BCUT2D eigenvalue weighted by Gasteiger charge is -2.20. The summed E-state index contributed by atoms with van der Waals surface area (Å²) in [5.41, 5.74) is 0. The maximum atomic E-state index is 12.3. The number of amides is 1. The zero-order chi connectivity index (χ0) is 39.4. The van der Waals surface area contributed by atoms with Gasteiger partial charge in [0.25, 0.3) is 0 Å². The van der Waals surface area contributed by atoms with Gasteiger partial charge in [0.2, 0.25) is 5.91 Å². The maximum Gasteiger partial charge on any atom is 0.305 e. The summed E-state index contributed by atoms with van der Waals surface area (Å²) in [4.78, 5) is 24.3. The molecule has 0 aromatic rings. The molecule has 0 aromatic heterocycles. The Balaban J connectivity index is 3.58. The van der Waals surface area contributed by atoms with Crippen LogP contribution in [0.5, 0.6) is 0 Å². The minimum absolute atomic E-state index is 0.0346. The van der Waals surface area contributed by atoms with E-state index in [1.165, 1.54) is 116 Å². The molecule has 0 saturated carbocycles. The Kier molecular flexibility index (Phi) is 41.8. The second kappa shape index (κ2) is 43.5. The van der Waals surface area contributed by atoms with Gasteiger partial charge in [-0.3, -0.25) is 9.59 Å². The second-order valence-corrected chi connectivity index (χ2v) is 15.4. The van der Waals surface area contributed by atoms with Crippen LogP contribution in [0.4, 0.5) is 0 Å². The normalized spacial score (nSPS) is 13.2. The highest BCUT2D eigenvalue weighted by Crippen LogP contribution is 2.13. The van der Waals surface area contributed by atoms with Crippen LogP contribution in [0, 0.1) is 0 Å². The smallest absolute Gasteiger partial charge is 0.305 e. The van der Waals surface area contributed by atoms with E-state index < -0.39 is 12.1 Å². The third-order valence-electron chi connectivity index (χ3n) is 10.1. The van der Waals surface area contributed by atoms with Gasteiger partial charge in [-0.2, -0.15) is 0 Å². The molecule has 0 fully saturated rings. The summed E-state index contributed by atoms with van der Waals surface area (Å²) in [7, 11) is 0. The Morgan fingerprint density at radius 3 is 1.46 bits per heavy atom. The number of hydrogen-bond acceptors (Lipinski definition) is 5. The number of allylic oxidation sites excluding steroid dienone is 7. The van der Waals surface area contributed by atoms with Crippen molar-refractivity contribution in [2.24, 2.45) is 0 Å². The van der Waals surface area contributed by atoms with E-state index in [2.05, 4.69) is 55.6 Å². The molecule has 2 unspecified atom stereocenters. The zero-order valence-electron chi connectivity index (χ0n) is 35.4. The van der Waals surface area contributed by atoms with E-state index in [1.807, 2.05) is 6.08 Å². The van der Waals surface area contributed by atoms with Gasteiger partial charge in [-0.05, 0) is 89.9 Å². The van der Waals surface area contributed by atoms with Crippen molar-refractivity contribution < 1.29 is 24.5 Å². The minimum atomic E-state index is -0.857. The molecule has 3 N–H and O–H groups in total. The third kappa shape index (κ3) is 39.5. The van der Waals surface area contributed by atoms with Crippen molar-refractivity contribution in [3.05, 3.63) is 48.6 Å². The van der Waals surface area contributed by atoms with Gasteiger partial charge in [0.1, 0.15) is 0 Å². The highest BCUT2D eigenvalue weighted by atomic mass is 16.5. The standard InChI is InChI=1S/C48H87NO5/c1-3-5-7-9-11-13-15-22-26-30-34-38-42-48(53)54-43-39-35-31-27-23-20-18-16-17-19-21-25-29-33-37-41-47(52)49-45(44-50)46(51)40-36-32-28-24-14-12-10-8-6-4-2/h11,13,16,18,20,23,36,40,45-46,50-51H,3-10,12,14-15,17,19,21-22,24-35,37-39,41-44H2,1-2H3,(H,49,52)/b13-11-,18-16-,23-20-,40-36+.